The van der Waals surface area contributed by atoms with Crippen LogP contribution in [0.1, 0.15) is 23.0 Å². The van der Waals surface area contributed by atoms with Crippen molar-refractivity contribution < 1.29 is 18.3 Å². The standard InChI is InChI=1S/C21H17FN2O3/c1-3-26-18-9-7-16(14-5-4-10-23-19(14)18)24-21(25)20-12(2)15-11-13(22)6-8-17(15)27-20/h4-11H,3H2,1-2H3,(H,24,25). The van der Waals surface area contributed by atoms with E-state index in [9.17, 15) is 9.18 Å². The zero-order chi connectivity index (χ0) is 19.0. The third kappa shape index (κ3) is 2.99. The molecule has 0 bridgehead atoms. The maximum absolute atomic E-state index is 13.5. The minimum Gasteiger partial charge on any atom is -0.492 e. The molecule has 2 heterocycles. The Bertz CT molecular complexity index is 1170. The van der Waals surface area contributed by atoms with Gasteiger partial charge in [-0.1, -0.05) is 0 Å². The van der Waals surface area contributed by atoms with E-state index in [1.54, 1.807) is 31.3 Å². The molecule has 0 saturated heterocycles. The molecule has 0 atom stereocenters. The zero-order valence-electron chi connectivity index (χ0n) is 14.9. The highest BCUT2D eigenvalue weighted by Crippen LogP contribution is 2.31. The number of carbonyl (C=O) groups excluding carboxylic acids is 1. The van der Waals surface area contributed by atoms with Crippen LogP contribution in [0.15, 0.2) is 53.1 Å². The van der Waals surface area contributed by atoms with Crippen molar-refractivity contribution in [3.8, 4) is 5.75 Å². The van der Waals surface area contributed by atoms with Crippen LogP contribution in [0.4, 0.5) is 10.1 Å². The van der Waals surface area contributed by atoms with Gasteiger partial charge in [-0.3, -0.25) is 9.78 Å². The lowest BCUT2D eigenvalue weighted by atomic mass is 10.1. The van der Waals surface area contributed by atoms with Crippen molar-refractivity contribution >= 4 is 33.5 Å². The second-order valence-corrected chi connectivity index (χ2v) is 6.09. The molecule has 27 heavy (non-hydrogen) atoms. The van der Waals surface area contributed by atoms with Crippen LogP contribution < -0.4 is 10.1 Å². The molecular formula is C21H17FN2O3. The number of aromatic nitrogens is 1. The van der Waals surface area contributed by atoms with Crippen molar-refractivity contribution in [1.82, 2.24) is 4.98 Å². The molecule has 5 nitrogen and oxygen atoms in total. The predicted molar refractivity (Wildman–Crippen MR) is 102 cm³/mol. The average Bonchev–Trinajstić information content (AvgIpc) is 3.00. The van der Waals surface area contributed by atoms with Gasteiger partial charge in [0.15, 0.2) is 5.76 Å². The average molecular weight is 364 g/mol. The minimum absolute atomic E-state index is 0.154. The molecule has 0 aliphatic heterocycles. The number of anilines is 1. The maximum atomic E-state index is 13.5. The van der Waals surface area contributed by atoms with E-state index >= 15 is 0 Å². The summed E-state index contributed by atoms with van der Waals surface area (Å²) < 4.78 is 24.7. The van der Waals surface area contributed by atoms with Gasteiger partial charge in [-0.25, -0.2) is 4.39 Å². The normalized spacial score (nSPS) is 11.1. The zero-order valence-corrected chi connectivity index (χ0v) is 14.9. The highest BCUT2D eigenvalue weighted by atomic mass is 19.1. The molecular weight excluding hydrogens is 347 g/mol. The Morgan fingerprint density at radius 1 is 1.22 bits per heavy atom. The Hall–Kier alpha value is -3.41. The van der Waals surface area contributed by atoms with Gasteiger partial charge in [-0.15, -0.1) is 0 Å². The van der Waals surface area contributed by atoms with E-state index in [2.05, 4.69) is 10.3 Å². The number of nitrogens with zero attached hydrogens (tertiary/aromatic N) is 1. The summed E-state index contributed by atoms with van der Waals surface area (Å²) in [5, 5.41) is 4.21. The number of benzene rings is 2. The van der Waals surface area contributed by atoms with Crippen LogP contribution in [0.5, 0.6) is 5.75 Å². The van der Waals surface area contributed by atoms with E-state index in [0.717, 1.165) is 5.39 Å². The van der Waals surface area contributed by atoms with E-state index in [0.29, 0.717) is 40.1 Å². The van der Waals surface area contributed by atoms with Gasteiger partial charge < -0.3 is 14.5 Å². The van der Waals surface area contributed by atoms with E-state index in [4.69, 9.17) is 9.15 Å². The first-order valence-corrected chi connectivity index (χ1v) is 8.59. The van der Waals surface area contributed by atoms with Crippen LogP contribution in [0.2, 0.25) is 0 Å². The van der Waals surface area contributed by atoms with E-state index < -0.39 is 5.91 Å². The molecule has 0 radical (unpaired) electrons. The fourth-order valence-corrected chi connectivity index (χ4v) is 3.12. The van der Waals surface area contributed by atoms with Gasteiger partial charge in [0, 0.05) is 22.5 Å². The van der Waals surface area contributed by atoms with E-state index in [-0.39, 0.29) is 11.6 Å². The number of fused-ring (bicyclic) bond motifs is 2. The number of pyridine rings is 1. The Balaban J connectivity index is 1.73. The molecule has 0 spiro atoms. The van der Waals surface area contributed by atoms with Crippen molar-refractivity contribution in [3.63, 3.8) is 0 Å². The van der Waals surface area contributed by atoms with Gasteiger partial charge in [0.2, 0.25) is 0 Å². The summed E-state index contributed by atoms with van der Waals surface area (Å²) in [4.78, 5) is 17.2. The summed E-state index contributed by atoms with van der Waals surface area (Å²) in [6.45, 7) is 4.15. The Morgan fingerprint density at radius 2 is 2.07 bits per heavy atom. The van der Waals surface area contributed by atoms with Gasteiger partial charge in [-0.2, -0.15) is 0 Å². The molecule has 6 heteroatoms. The number of hydrogen-bond donors (Lipinski definition) is 1. The first kappa shape index (κ1) is 17.0. The van der Waals surface area contributed by atoms with Crippen LogP contribution in [-0.2, 0) is 0 Å². The highest BCUT2D eigenvalue weighted by molar-refractivity contribution is 6.10. The van der Waals surface area contributed by atoms with Crippen LogP contribution in [0.25, 0.3) is 21.9 Å². The topological polar surface area (TPSA) is 64.4 Å². The second kappa shape index (κ2) is 6.72. The molecule has 2 aromatic carbocycles. The highest BCUT2D eigenvalue weighted by Gasteiger charge is 2.19. The number of rotatable bonds is 4. The molecule has 0 aliphatic rings. The lowest BCUT2D eigenvalue weighted by Crippen LogP contribution is -2.12. The van der Waals surface area contributed by atoms with Crippen molar-refractivity contribution in [2.45, 2.75) is 13.8 Å². The first-order chi connectivity index (χ1) is 13.1. The fourth-order valence-electron chi connectivity index (χ4n) is 3.12. The Kier molecular flexibility index (Phi) is 4.24. The second-order valence-electron chi connectivity index (χ2n) is 6.09. The molecule has 4 rings (SSSR count). The van der Waals surface area contributed by atoms with Crippen molar-refractivity contribution in [3.05, 3.63) is 65.8 Å². The van der Waals surface area contributed by atoms with Gasteiger partial charge in [-0.05, 0) is 56.3 Å². The summed E-state index contributed by atoms with van der Waals surface area (Å²) in [5.41, 5.74) is 2.32. The van der Waals surface area contributed by atoms with Gasteiger partial charge in [0.05, 0.1) is 12.3 Å². The molecule has 2 aromatic heterocycles. The summed E-state index contributed by atoms with van der Waals surface area (Å²) in [7, 11) is 0. The number of carbonyl (C=O) groups is 1. The van der Waals surface area contributed by atoms with Crippen LogP contribution in [0, 0.1) is 12.7 Å². The van der Waals surface area contributed by atoms with Gasteiger partial charge in [0.25, 0.3) is 5.91 Å². The lowest BCUT2D eigenvalue weighted by Gasteiger charge is -2.11. The maximum Gasteiger partial charge on any atom is 0.291 e. The van der Waals surface area contributed by atoms with Crippen LogP contribution in [-0.4, -0.2) is 17.5 Å². The van der Waals surface area contributed by atoms with Crippen molar-refractivity contribution in [2.24, 2.45) is 0 Å². The largest absolute Gasteiger partial charge is 0.492 e. The number of nitrogens with one attached hydrogen (secondary N) is 1. The molecule has 136 valence electrons. The van der Waals surface area contributed by atoms with Crippen LogP contribution >= 0.6 is 0 Å². The SMILES string of the molecule is CCOc1ccc(NC(=O)c2oc3ccc(F)cc3c2C)c2cccnc12. The van der Waals surface area contributed by atoms with Gasteiger partial charge in [0.1, 0.15) is 22.7 Å². The number of hydrogen-bond acceptors (Lipinski definition) is 4. The van der Waals surface area contributed by atoms with E-state index in [1.807, 2.05) is 13.0 Å². The molecule has 4 aromatic rings. The molecule has 1 N–H and O–H groups in total. The monoisotopic (exact) mass is 364 g/mol. The molecule has 0 fully saturated rings. The third-order valence-corrected chi connectivity index (χ3v) is 4.39. The third-order valence-electron chi connectivity index (χ3n) is 4.39. The number of aryl methyl sites for hydroxylation is 1. The Labute approximate surface area is 154 Å². The lowest BCUT2D eigenvalue weighted by molar-refractivity contribution is 0.0998. The smallest absolute Gasteiger partial charge is 0.291 e. The summed E-state index contributed by atoms with van der Waals surface area (Å²) in [5.74, 6) is 0.0309. The molecule has 0 unspecified atom stereocenters. The quantitative estimate of drug-likeness (QED) is 0.548. The number of amides is 1. The summed E-state index contributed by atoms with van der Waals surface area (Å²) in [6.07, 6.45) is 1.67. The van der Waals surface area contributed by atoms with Crippen molar-refractivity contribution in [1.29, 1.82) is 0 Å². The molecule has 0 saturated carbocycles. The number of ether oxygens (including phenoxy) is 1. The summed E-state index contributed by atoms with van der Waals surface area (Å²) in [6, 6.07) is 11.4. The first-order valence-electron chi connectivity index (χ1n) is 8.59. The predicted octanol–water partition coefficient (Wildman–Crippen LogP) is 5.08. The van der Waals surface area contributed by atoms with Crippen LogP contribution in [0.3, 0.4) is 0 Å². The van der Waals surface area contributed by atoms with Crippen molar-refractivity contribution in [2.75, 3.05) is 11.9 Å². The number of furan rings is 1. The number of halogens is 1. The molecule has 1 amide bonds. The minimum atomic E-state index is -0.404. The fraction of sp³-hybridized carbons (Fsp3) is 0.143. The van der Waals surface area contributed by atoms with Gasteiger partial charge >= 0.3 is 0 Å². The molecule has 0 aliphatic carbocycles. The Morgan fingerprint density at radius 3 is 2.89 bits per heavy atom. The van der Waals surface area contributed by atoms with E-state index in [1.165, 1.54) is 18.2 Å². The summed E-state index contributed by atoms with van der Waals surface area (Å²) >= 11 is 0.